The van der Waals surface area contributed by atoms with Gasteiger partial charge < -0.3 is 15.1 Å². The molecule has 3 rings (SSSR count). The summed E-state index contributed by atoms with van der Waals surface area (Å²) < 4.78 is 29.6. The standard InChI is InChI=1S/C19H24N4O3S2/c1-13(10-11-28(3,24)25)22-19(20-2)21-12-14-8-9-16(26-14)18-23-15-6-4-5-7-17(15)27-18/h4-9,13H,10-12H2,1-3H3,(H2,20,21,22). The van der Waals surface area contributed by atoms with E-state index in [-0.39, 0.29) is 11.8 Å². The van der Waals surface area contributed by atoms with Crippen molar-refractivity contribution in [2.45, 2.75) is 25.9 Å². The summed E-state index contributed by atoms with van der Waals surface area (Å²) in [5, 5.41) is 7.22. The monoisotopic (exact) mass is 420 g/mol. The van der Waals surface area contributed by atoms with Crippen molar-refractivity contribution >= 4 is 37.4 Å². The van der Waals surface area contributed by atoms with Crippen LogP contribution in [-0.4, -0.2) is 44.5 Å². The Morgan fingerprint density at radius 1 is 1.29 bits per heavy atom. The molecule has 7 nitrogen and oxygen atoms in total. The molecule has 150 valence electrons. The number of sulfone groups is 1. The Morgan fingerprint density at radius 2 is 2.07 bits per heavy atom. The van der Waals surface area contributed by atoms with Crippen LogP contribution in [0, 0.1) is 0 Å². The van der Waals surface area contributed by atoms with Crippen molar-refractivity contribution < 1.29 is 12.8 Å². The molecule has 2 aromatic heterocycles. The molecule has 2 heterocycles. The maximum atomic E-state index is 11.3. The van der Waals surface area contributed by atoms with Crippen LogP contribution in [0.25, 0.3) is 21.0 Å². The number of benzene rings is 1. The van der Waals surface area contributed by atoms with E-state index in [0.717, 1.165) is 26.7 Å². The van der Waals surface area contributed by atoms with Gasteiger partial charge in [0.1, 0.15) is 15.6 Å². The van der Waals surface area contributed by atoms with Gasteiger partial charge in [-0.25, -0.2) is 13.4 Å². The molecule has 0 aliphatic rings. The normalized spacial score (nSPS) is 13.6. The van der Waals surface area contributed by atoms with Crippen molar-refractivity contribution in [3.63, 3.8) is 0 Å². The molecular formula is C19H24N4O3S2. The number of aliphatic imine (C=N–C) groups is 1. The van der Waals surface area contributed by atoms with E-state index in [0.29, 0.717) is 18.9 Å². The summed E-state index contributed by atoms with van der Waals surface area (Å²) in [6.45, 7) is 2.39. The van der Waals surface area contributed by atoms with Gasteiger partial charge in [-0.15, -0.1) is 11.3 Å². The minimum Gasteiger partial charge on any atom is -0.457 e. The average molecular weight is 421 g/mol. The summed E-state index contributed by atoms with van der Waals surface area (Å²) in [6, 6.07) is 11.8. The highest BCUT2D eigenvalue weighted by atomic mass is 32.2. The number of guanidine groups is 1. The van der Waals surface area contributed by atoms with Crippen LogP contribution in [0.4, 0.5) is 0 Å². The SMILES string of the molecule is CN=C(NCc1ccc(-c2nc3ccccc3s2)o1)NC(C)CCS(C)(=O)=O. The summed E-state index contributed by atoms with van der Waals surface area (Å²) in [5.41, 5.74) is 0.964. The third-order valence-corrected chi connectivity index (χ3v) is 6.15. The maximum Gasteiger partial charge on any atom is 0.191 e. The largest absolute Gasteiger partial charge is 0.457 e. The molecule has 1 unspecified atom stereocenters. The predicted molar refractivity (Wildman–Crippen MR) is 114 cm³/mol. The lowest BCUT2D eigenvalue weighted by Crippen LogP contribution is -2.42. The first-order valence-electron chi connectivity index (χ1n) is 8.93. The van der Waals surface area contributed by atoms with Crippen LogP contribution >= 0.6 is 11.3 Å². The van der Waals surface area contributed by atoms with Gasteiger partial charge in [0.2, 0.25) is 0 Å². The lowest BCUT2D eigenvalue weighted by Gasteiger charge is -2.17. The second-order valence-corrected chi connectivity index (χ2v) is 9.93. The van der Waals surface area contributed by atoms with Gasteiger partial charge in [-0.1, -0.05) is 12.1 Å². The number of furan rings is 1. The Morgan fingerprint density at radius 3 is 2.79 bits per heavy atom. The van der Waals surface area contributed by atoms with Crippen LogP contribution in [0.2, 0.25) is 0 Å². The quantitative estimate of drug-likeness (QED) is 0.450. The van der Waals surface area contributed by atoms with E-state index in [9.17, 15) is 8.42 Å². The van der Waals surface area contributed by atoms with Crippen molar-refractivity contribution in [3.05, 3.63) is 42.2 Å². The molecule has 0 bridgehead atoms. The molecule has 1 atom stereocenters. The van der Waals surface area contributed by atoms with Crippen LogP contribution in [0.3, 0.4) is 0 Å². The van der Waals surface area contributed by atoms with E-state index in [1.54, 1.807) is 18.4 Å². The molecule has 0 aliphatic heterocycles. The second-order valence-electron chi connectivity index (χ2n) is 6.64. The first kappa shape index (κ1) is 20.3. The van der Waals surface area contributed by atoms with E-state index in [2.05, 4.69) is 20.6 Å². The molecule has 9 heteroatoms. The van der Waals surface area contributed by atoms with Crippen molar-refractivity contribution in [2.75, 3.05) is 19.1 Å². The molecule has 1 aromatic carbocycles. The molecular weight excluding hydrogens is 396 g/mol. The maximum absolute atomic E-state index is 11.3. The topological polar surface area (TPSA) is 96.6 Å². The molecule has 0 saturated heterocycles. The zero-order valence-corrected chi connectivity index (χ0v) is 17.7. The number of nitrogens with zero attached hydrogens (tertiary/aromatic N) is 2. The van der Waals surface area contributed by atoms with E-state index in [1.165, 1.54) is 6.26 Å². The van der Waals surface area contributed by atoms with Gasteiger partial charge in [-0.05, 0) is 37.6 Å². The van der Waals surface area contributed by atoms with Crippen molar-refractivity contribution in [1.82, 2.24) is 15.6 Å². The molecule has 3 aromatic rings. The van der Waals surface area contributed by atoms with Crippen LogP contribution in [0.15, 0.2) is 45.8 Å². The van der Waals surface area contributed by atoms with Crippen LogP contribution in [0.1, 0.15) is 19.1 Å². The fourth-order valence-electron chi connectivity index (χ4n) is 2.63. The second kappa shape index (κ2) is 8.74. The molecule has 0 amide bonds. The molecule has 0 aliphatic carbocycles. The van der Waals surface area contributed by atoms with Crippen molar-refractivity contribution in [2.24, 2.45) is 4.99 Å². The number of fused-ring (bicyclic) bond motifs is 1. The van der Waals surface area contributed by atoms with Gasteiger partial charge in [-0.3, -0.25) is 4.99 Å². The van der Waals surface area contributed by atoms with Gasteiger partial charge in [0.05, 0.1) is 22.5 Å². The number of hydrogen-bond donors (Lipinski definition) is 2. The van der Waals surface area contributed by atoms with Crippen molar-refractivity contribution in [1.29, 1.82) is 0 Å². The number of thiazole rings is 1. The Bertz CT molecular complexity index is 1040. The first-order valence-corrected chi connectivity index (χ1v) is 11.8. The van der Waals surface area contributed by atoms with Crippen LogP contribution in [0.5, 0.6) is 0 Å². The number of aromatic nitrogens is 1. The number of rotatable bonds is 7. The Labute approximate surface area is 168 Å². The Balaban J connectivity index is 1.57. The Hall–Kier alpha value is -2.39. The average Bonchev–Trinajstić information content (AvgIpc) is 3.29. The zero-order valence-electron chi connectivity index (χ0n) is 16.1. The lowest BCUT2D eigenvalue weighted by atomic mass is 10.3. The van der Waals surface area contributed by atoms with Gasteiger partial charge in [0.25, 0.3) is 0 Å². The molecule has 0 saturated carbocycles. The lowest BCUT2D eigenvalue weighted by molar-refractivity contribution is 0.511. The van der Waals surface area contributed by atoms with E-state index in [1.807, 2.05) is 43.3 Å². The fraction of sp³-hybridized carbons (Fsp3) is 0.368. The fourth-order valence-corrected chi connectivity index (χ4v) is 4.34. The van der Waals surface area contributed by atoms with Crippen molar-refractivity contribution in [3.8, 4) is 10.8 Å². The Kier molecular flexibility index (Phi) is 6.35. The highest BCUT2D eigenvalue weighted by Gasteiger charge is 2.12. The zero-order chi connectivity index (χ0) is 20.1. The van der Waals surface area contributed by atoms with Crippen LogP contribution in [-0.2, 0) is 16.4 Å². The molecule has 0 fully saturated rings. The number of hydrogen-bond acceptors (Lipinski definition) is 6. The van der Waals surface area contributed by atoms with E-state index in [4.69, 9.17) is 4.42 Å². The third-order valence-electron chi connectivity index (χ3n) is 4.12. The molecule has 0 radical (unpaired) electrons. The smallest absolute Gasteiger partial charge is 0.191 e. The highest BCUT2D eigenvalue weighted by Crippen LogP contribution is 2.31. The molecule has 0 spiro atoms. The minimum atomic E-state index is -2.97. The predicted octanol–water partition coefficient (Wildman–Crippen LogP) is 3.04. The van der Waals surface area contributed by atoms with Gasteiger partial charge in [-0.2, -0.15) is 0 Å². The van der Waals surface area contributed by atoms with E-state index < -0.39 is 9.84 Å². The third kappa shape index (κ3) is 5.56. The van der Waals surface area contributed by atoms with Crippen LogP contribution < -0.4 is 10.6 Å². The summed E-state index contributed by atoms with van der Waals surface area (Å²) in [6.07, 6.45) is 1.76. The number of nitrogens with one attached hydrogen (secondary N) is 2. The molecule has 2 N–H and O–H groups in total. The minimum absolute atomic E-state index is 0.0177. The van der Waals surface area contributed by atoms with Gasteiger partial charge in [0.15, 0.2) is 16.7 Å². The van der Waals surface area contributed by atoms with E-state index >= 15 is 0 Å². The summed E-state index contributed by atoms with van der Waals surface area (Å²) >= 11 is 1.60. The summed E-state index contributed by atoms with van der Waals surface area (Å²) in [5.74, 6) is 2.24. The summed E-state index contributed by atoms with van der Waals surface area (Å²) in [4.78, 5) is 8.78. The first-order chi connectivity index (χ1) is 13.3. The van der Waals surface area contributed by atoms with Gasteiger partial charge in [0, 0.05) is 19.3 Å². The summed E-state index contributed by atoms with van der Waals surface area (Å²) in [7, 11) is -1.30. The number of para-hydroxylation sites is 1. The van der Waals surface area contributed by atoms with Gasteiger partial charge >= 0.3 is 0 Å². The highest BCUT2D eigenvalue weighted by molar-refractivity contribution is 7.90. The molecule has 28 heavy (non-hydrogen) atoms.